The lowest BCUT2D eigenvalue weighted by atomic mass is 9.96. The molecule has 1 unspecified atom stereocenters. The van der Waals surface area contributed by atoms with Crippen LogP contribution < -0.4 is 10.1 Å². The number of ether oxygens (including phenoxy) is 1. The molecule has 3 aromatic rings. The van der Waals surface area contributed by atoms with Crippen molar-refractivity contribution in [3.8, 4) is 5.75 Å². The molecule has 3 aliphatic rings. The van der Waals surface area contributed by atoms with E-state index in [2.05, 4.69) is 32.3 Å². The molecular weight excluding hydrogens is 458 g/mol. The van der Waals surface area contributed by atoms with E-state index in [0.29, 0.717) is 24.3 Å². The number of pyridine rings is 2. The van der Waals surface area contributed by atoms with E-state index in [0.717, 1.165) is 29.8 Å². The van der Waals surface area contributed by atoms with Crippen LogP contribution in [0.25, 0.3) is 0 Å². The Hall–Kier alpha value is -4.11. The molecule has 9 nitrogen and oxygen atoms in total. The Morgan fingerprint density at radius 2 is 1.69 bits per heavy atom. The van der Waals surface area contributed by atoms with Gasteiger partial charge in [-0.25, -0.2) is 0 Å². The van der Waals surface area contributed by atoms with Gasteiger partial charge in [0.05, 0.1) is 6.04 Å². The molecule has 2 aromatic heterocycles. The van der Waals surface area contributed by atoms with Crippen LogP contribution in [0.1, 0.15) is 45.9 Å². The molecule has 0 spiro atoms. The summed E-state index contributed by atoms with van der Waals surface area (Å²) in [6.07, 6.45) is 7.91. The van der Waals surface area contributed by atoms with Crippen molar-refractivity contribution in [2.75, 3.05) is 13.1 Å². The fourth-order valence-corrected chi connectivity index (χ4v) is 5.26. The first-order valence-electron chi connectivity index (χ1n) is 12.0. The number of imide groups is 1. The van der Waals surface area contributed by atoms with E-state index in [4.69, 9.17) is 4.74 Å². The third-order valence-corrected chi connectivity index (χ3v) is 7.04. The van der Waals surface area contributed by atoms with Gasteiger partial charge in [-0.2, -0.15) is 0 Å². The largest absolute Gasteiger partial charge is 0.488 e. The number of rotatable bonds is 6. The molecule has 0 aliphatic carbocycles. The van der Waals surface area contributed by atoms with Crippen molar-refractivity contribution in [1.29, 1.82) is 0 Å². The van der Waals surface area contributed by atoms with Crippen LogP contribution in [-0.4, -0.2) is 62.7 Å². The van der Waals surface area contributed by atoms with Crippen molar-refractivity contribution in [3.63, 3.8) is 0 Å². The molecule has 0 saturated carbocycles. The molecule has 0 bridgehead atoms. The van der Waals surface area contributed by atoms with Gasteiger partial charge in [0, 0.05) is 56.4 Å². The Balaban J connectivity index is 1.12. The normalized spacial score (nSPS) is 20.3. The third kappa shape index (κ3) is 4.11. The van der Waals surface area contributed by atoms with Crippen molar-refractivity contribution in [2.45, 2.75) is 37.6 Å². The SMILES string of the molecule is O=C1CCC(N2Cc3cc(OC4CN(C(c5cccnc5)c5cccnc5)C4)ccc3C2=O)C(=O)N1. The second kappa shape index (κ2) is 9.16. The molecular formula is C27H25N5O4. The number of amides is 3. The summed E-state index contributed by atoms with van der Waals surface area (Å²) < 4.78 is 6.25. The van der Waals surface area contributed by atoms with Crippen LogP contribution in [0.5, 0.6) is 5.75 Å². The molecule has 5 heterocycles. The monoisotopic (exact) mass is 483 g/mol. The fourth-order valence-electron chi connectivity index (χ4n) is 5.26. The van der Waals surface area contributed by atoms with Gasteiger partial charge in [0.2, 0.25) is 11.8 Å². The van der Waals surface area contributed by atoms with Gasteiger partial charge in [-0.05, 0) is 53.4 Å². The van der Waals surface area contributed by atoms with Gasteiger partial charge in [0.15, 0.2) is 0 Å². The van der Waals surface area contributed by atoms with Crippen LogP contribution >= 0.6 is 0 Å². The van der Waals surface area contributed by atoms with E-state index in [1.807, 2.05) is 36.7 Å². The number of hydrogen-bond donors (Lipinski definition) is 1. The summed E-state index contributed by atoms with van der Waals surface area (Å²) in [5.41, 5.74) is 3.62. The van der Waals surface area contributed by atoms with Crippen LogP contribution in [0.4, 0.5) is 0 Å². The van der Waals surface area contributed by atoms with Crippen molar-refractivity contribution in [3.05, 3.63) is 89.5 Å². The molecule has 1 N–H and O–H groups in total. The van der Waals surface area contributed by atoms with Crippen molar-refractivity contribution in [1.82, 2.24) is 25.1 Å². The minimum absolute atomic E-state index is 0.0160. The Morgan fingerprint density at radius 3 is 2.33 bits per heavy atom. The quantitative estimate of drug-likeness (QED) is 0.536. The molecule has 182 valence electrons. The minimum Gasteiger partial charge on any atom is -0.488 e. The smallest absolute Gasteiger partial charge is 0.255 e. The molecule has 2 saturated heterocycles. The lowest BCUT2D eigenvalue weighted by Gasteiger charge is -2.44. The Labute approximate surface area is 208 Å². The van der Waals surface area contributed by atoms with E-state index in [1.54, 1.807) is 23.4 Å². The fraction of sp³-hybridized carbons (Fsp3) is 0.296. The summed E-state index contributed by atoms with van der Waals surface area (Å²) in [7, 11) is 0. The molecule has 3 amide bonds. The molecule has 2 fully saturated rings. The second-order valence-corrected chi connectivity index (χ2v) is 9.39. The Bertz CT molecular complexity index is 1270. The molecule has 6 rings (SSSR count). The number of nitrogens with one attached hydrogen (secondary N) is 1. The first-order valence-corrected chi connectivity index (χ1v) is 12.0. The standard InChI is InChI=1S/C27H25N5O4/c33-24-8-7-23(26(34)30-24)32-14-19-11-20(5-6-22(19)27(32)35)36-21-15-31(16-21)25(17-3-1-9-28-12-17)18-4-2-10-29-13-18/h1-6,9-13,21,23,25H,7-8,14-16H2,(H,30,33,34). The van der Waals surface area contributed by atoms with Crippen LogP contribution in [0.3, 0.4) is 0 Å². The third-order valence-electron chi connectivity index (χ3n) is 7.04. The highest BCUT2D eigenvalue weighted by Crippen LogP contribution is 2.34. The van der Waals surface area contributed by atoms with Gasteiger partial charge in [0.1, 0.15) is 17.9 Å². The van der Waals surface area contributed by atoms with Gasteiger partial charge in [-0.3, -0.25) is 34.6 Å². The highest BCUT2D eigenvalue weighted by Gasteiger charge is 2.40. The lowest BCUT2D eigenvalue weighted by molar-refractivity contribution is -0.136. The van der Waals surface area contributed by atoms with E-state index in [-0.39, 0.29) is 30.4 Å². The number of benzene rings is 1. The summed E-state index contributed by atoms with van der Waals surface area (Å²) in [5.74, 6) is -0.178. The van der Waals surface area contributed by atoms with Crippen LogP contribution in [0.15, 0.2) is 67.3 Å². The maximum absolute atomic E-state index is 12.9. The predicted molar refractivity (Wildman–Crippen MR) is 129 cm³/mol. The zero-order valence-corrected chi connectivity index (χ0v) is 19.5. The van der Waals surface area contributed by atoms with Gasteiger partial charge in [-0.15, -0.1) is 0 Å². The summed E-state index contributed by atoms with van der Waals surface area (Å²) in [4.78, 5) is 49.1. The molecule has 0 radical (unpaired) electrons. The number of piperidine rings is 1. The van der Waals surface area contributed by atoms with Crippen molar-refractivity contribution < 1.29 is 19.1 Å². The van der Waals surface area contributed by atoms with Gasteiger partial charge < -0.3 is 9.64 Å². The minimum atomic E-state index is -0.621. The maximum Gasteiger partial charge on any atom is 0.255 e. The maximum atomic E-state index is 12.9. The van der Waals surface area contributed by atoms with E-state index >= 15 is 0 Å². The van der Waals surface area contributed by atoms with Gasteiger partial charge >= 0.3 is 0 Å². The number of carbonyl (C=O) groups excluding carboxylic acids is 3. The number of aromatic nitrogens is 2. The number of hydrogen-bond acceptors (Lipinski definition) is 7. The van der Waals surface area contributed by atoms with Crippen LogP contribution in [-0.2, 0) is 16.1 Å². The first-order chi connectivity index (χ1) is 17.6. The summed E-state index contributed by atoms with van der Waals surface area (Å²) >= 11 is 0. The molecule has 9 heteroatoms. The topological polar surface area (TPSA) is 105 Å². The Morgan fingerprint density at radius 1 is 0.972 bits per heavy atom. The average Bonchev–Trinajstić information content (AvgIpc) is 3.19. The number of likely N-dealkylation sites (tertiary alicyclic amines) is 1. The predicted octanol–water partition coefficient (Wildman–Crippen LogP) is 2.09. The van der Waals surface area contributed by atoms with Crippen LogP contribution in [0, 0.1) is 0 Å². The number of fused-ring (bicyclic) bond motifs is 1. The first kappa shape index (κ1) is 22.4. The van der Waals surface area contributed by atoms with Crippen molar-refractivity contribution >= 4 is 17.7 Å². The number of carbonyl (C=O) groups is 3. The summed E-state index contributed by atoms with van der Waals surface area (Å²) in [6.45, 7) is 1.82. The summed E-state index contributed by atoms with van der Waals surface area (Å²) in [5, 5.41) is 2.33. The van der Waals surface area contributed by atoms with E-state index < -0.39 is 11.9 Å². The summed E-state index contributed by atoms with van der Waals surface area (Å²) in [6, 6.07) is 12.9. The molecule has 3 aliphatic heterocycles. The van der Waals surface area contributed by atoms with Crippen molar-refractivity contribution in [2.24, 2.45) is 0 Å². The van der Waals surface area contributed by atoms with Crippen LogP contribution in [0.2, 0.25) is 0 Å². The highest BCUT2D eigenvalue weighted by atomic mass is 16.5. The zero-order chi connectivity index (χ0) is 24.6. The van der Waals surface area contributed by atoms with E-state index in [9.17, 15) is 14.4 Å². The number of nitrogens with zero attached hydrogens (tertiary/aromatic N) is 4. The lowest BCUT2D eigenvalue weighted by Crippen LogP contribution is -2.55. The van der Waals surface area contributed by atoms with Gasteiger partial charge in [0.25, 0.3) is 5.91 Å². The average molecular weight is 484 g/mol. The molecule has 1 atom stereocenters. The zero-order valence-electron chi connectivity index (χ0n) is 19.5. The molecule has 1 aromatic carbocycles. The Kier molecular flexibility index (Phi) is 5.69. The van der Waals surface area contributed by atoms with E-state index in [1.165, 1.54) is 0 Å². The molecule has 36 heavy (non-hydrogen) atoms. The highest BCUT2D eigenvalue weighted by molar-refractivity contribution is 6.05. The van der Waals surface area contributed by atoms with Gasteiger partial charge in [-0.1, -0.05) is 12.1 Å². The second-order valence-electron chi connectivity index (χ2n) is 9.39.